The molecule has 0 aliphatic carbocycles. The van der Waals surface area contributed by atoms with Gasteiger partial charge in [0, 0.05) is 18.3 Å². The Bertz CT molecular complexity index is 920. The summed E-state index contributed by atoms with van der Waals surface area (Å²) in [6.45, 7) is 6.19. The van der Waals surface area contributed by atoms with Crippen molar-refractivity contribution in [2.45, 2.75) is 33.2 Å². The molecule has 0 bridgehead atoms. The summed E-state index contributed by atoms with van der Waals surface area (Å²) in [5.41, 5.74) is 3.29. The second-order valence-corrected chi connectivity index (χ2v) is 8.86. The van der Waals surface area contributed by atoms with Gasteiger partial charge in [-0.25, -0.2) is 17.9 Å². The number of anilines is 1. The van der Waals surface area contributed by atoms with Crippen molar-refractivity contribution < 1.29 is 13.2 Å². The van der Waals surface area contributed by atoms with Gasteiger partial charge < -0.3 is 10.2 Å². The minimum Gasteiger partial charge on any atom is -0.321 e. The third kappa shape index (κ3) is 3.75. The normalized spacial score (nSPS) is 18.7. The predicted octanol–water partition coefficient (Wildman–Crippen LogP) is 2.53. The van der Waals surface area contributed by atoms with Crippen molar-refractivity contribution in [2.75, 3.05) is 23.4 Å². The molecule has 2 aromatic rings. The molecule has 0 unspecified atom stereocenters. The Kier molecular flexibility index (Phi) is 5.04. The molecule has 2 amide bonds. The zero-order chi connectivity index (χ0) is 18.9. The number of aryl methyl sites for hydroxylation is 2. The van der Waals surface area contributed by atoms with Gasteiger partial charge in [0.1, 0.15) is 0 Å². The number of para-hydroxylation sites is 2. The van der Waals surface area contributed by atoms with Gasteiger partial charge in [-0.3, -0.25) is 0 Å². The maximum Gasteiger partial charge on any atom is 0.322 e. The quantitative estimate of drug-likeness (QED) is 0.889. The smallest absolute Gasteiger partial charge is 0.321 e. The standard InChI is InChI=1S/C18H24N4O3S/c1-4-21(15-9-10-26(24,25)12-15)18(23)19-16-7-5-6-8-17(16)22-14(3)11-13(2)20-22/h5-8,11,15H,4,9-10,12H2,1-3H3,(H,19,23)/t15-/m1/s1. The number of carbonyl (C=O) groups excluding carboxylic acids is 1. The molecule has 1 aromatic carbocycles. The van der Waals surface area contributed by atoms with E-state index in [1.807, 2.05) is 51.1 Å². The third-order valence-corrected chi connectivity index (χ3v) is 6.38. The van der Waals surface area contributed by atoms with Crippen molar-refractivity contribution in [1.82, 2.24) is 14.7 Å². The molecule has 3 rings (SSSR count). The van der Waals surface area contributed by atoms with E-state index in [2.05, 4.69) is 10.4 Å². The van der Waals surface area contributed by atoms with Crippen LogP contribution in [0.5, 0.6) is 0 Å². The van der Waals surface area contributed by atoms with Crippen LogP contribution in [-0.4, -0.2) is 53.2 Å². The Hall–Kier alpha value is -2.35. The Labute approximate surface area is 153 Å². The highest BCUT2D eigenvalue weighted by Gasteiger charge is 2.34. The molecule has 0 radical (unpaired) electrons. The van der Waals surface area contributed by atoms with Crippen LogP contribution in [-0.2, 0) is 9.84 Å². The molecule has 7 nitrogen and oxygen atoms in total. The van der Waals surface area contributed by atoms with Gasteiger partial charge >= 0.3 is 6.03 Å². The number of hydrogen-bond acceptors (Lipinski definition) is 4. The molecule has 1 aliphatic heterocycles. The lowest BCUT2D eigenvalue weighted by atomic mass is 10.2. The summed E-state index contributed by atoms with van der Waals surface area (Å²) in [7, 11) is -3.05. The van der Waals surface area contributed by atoms with E-state index in [0.717, 1.165) is 17.1 Å². The number of hydrogen-bond donors (Lipinski definition) is 1. The van der Waals surface area contributed by atoms with Gasteiger partial charge in [0.05, 0.1) is 28.6 Å². The van der Waals surface area contributed by atoms with E-state index in [0.29, 0.717) is 18.7 Å². The highest BCUT2D eigenvalue weighted by Crippen LogP contribution is 2.23. The highest BCUT2D eigenvalue weighted by molar-refractivity contribution is 7.91. The zero-order valence-electron chi connectivity index (χ0n) is 15.3. The first kappa shape index (κ1) is 18.4. The lowest BCUT2D eigenvalue weighted by molar-refractivity contribution is 0.197. The molecule has 2 heterocycles. The number of nitrogens with zero attached hydrogens (tertiary/aromatic N) is 3. The van der Waals surface area contributed by atoms with E-state index in [1.54, 1.807) is 9.58 Å². The molecule has 8 heteroatoms. The van der Waals surface area contributed by atoms with Gasteiger partial charge in [0.15, 0.2) is 9.84 Å². The van der Waals surface area contributed by atoms with Gasteiger partial charge in [-0.1, -0.05) is 12.1 Å². The number of rotatable bonds is 4. The van der Waals surface area contributed by atoms with Gasteiger partial charge in [-0.2, -0.15) is 5.10 Å². The first-order valence-corrected chi connectivity index (χ1v) is 10.5. The SMILES string of the molecule is CCN(C(=O)Nc1ccccc1-n1nc(C)cc1C)[C@@H]1CCS(=O)(=O)C1. The van der Waals surface area contributed by atoms with Gasteiger partial charge in [-0.05, 0) is 45.4 Å². The lowest BCUT2D eigenvalue weighted by Gasteiger charge is -2.27. The van der Waals surface area contributed by atoms with E-state index in [4.69, 9.17) is 0 Å². The maximum atomic E-state index is 12.8. The number of benzene rings is 1. The average Bonchev–Trinajstić information content (AvgIpc) is 3.10. The molecule has 0 spiro atoms. The van der Waals surface area contributed by atoms with E-state index < -0.39 is 9.84 Å². The van der Waals surface area contributed by atoms with Crippen LogP contribution in [0.1, 0.15) is 24.7 Å². The topological polar surface area (TPSA) is 84.3 Å². The van der Waals surface area contributed by atoms with Crippen LogP contribution < -0.4 is 5.32 Å². The van der Waals surface area contributed by atoms with Crippen LogP contribution in [0.4, 0.5) is 10.5 Å². The number of amides is 2. The predicted molar refractivity (Wildman–Crippen MR) is 101 cm³/mol. The monoisotopic (exact) mass is 376 g/mol. The second-order valence-electron chi connectivity index (χ2n) is 6.63. The fraction of sp³-hybridized carbons (Fsp3) is 0.444. The maximum absolute atomic E-state index is 12.8. The third-order valence-electron chi connectivity index (χ3n) is 4.63. The summed E-state index contributed by atoms with van der Waals surface area (Å²) in [4.78, 5) is 14.4. The van der Waals surface area contributed by atoms with Crippen LogP contribution in [0.2, 0.25) is 0 Å². The van der Waals surface area contributed by atoms with Crippen molar-refractivity contribution in [3.63, 3.8) is 0 Å². The summed E-state index contributed by atoms with van der Waals surface area (Å²) < 4.78 is 25.3. The van der Waals surface area contributed by atoms with Crippen LogP contribution in [0.3, 0.4) is 0 Å². The van der Waals surface area contributed by atoms with E-state index in [-0.39, 0.29) is 23.6 Å². The van der Waals surface area contributed by atoms with Crippen LogP contribution in [0.25, 0.3) is 5.69 Å². The summed E-state index contributed by atoms with van der Waals surface area (Å²) in [5.74, 6) is 0.178. The number of carbonyl (C=O) groups is 1. The Balaban J connectivity index is 1.84. The van der Waals surface area contributed by atoms with Crippen LogP contribution in [0, 0.1) is 13.8 Å². The fourth-order valence-electron chi connectivity index (χ4n) is 3.41. The molecular formula is C18H24N4O3S. The molecule has 1 atom stereocenters. The Morgan fingerprint density at radius 2 is 2.08 bits per heavy atom. The molecule has 1 fully saturated rings. The fourth-order valence-corrected chi connectivity index (χ4v) is 5.14. The van der Waals surface area contributed by atoms with Gasteiger partial charge in [0.2, 0.25) is 0 Å². The summed E-state index contributed by atoms with van der Waals surface area (Å²) in [6, 6.07) is 8.87. The number of nitrogens with one attached hydrogen (secondary N) is 1. The Morgan fingerprint density at radius 1 is 1.35 bits per heavy atom. The lowest BCUT2D eigenvalue weighted by Crippen LogP contribution is -2.43. The Morgan fingerprint density at radius 3 is 2.65 bits per heavy atom. The van der Waals surface area contributed by atoms with Crippen molar-refractivity contribution >= 4 is 21.6 Å². The minimum atomic E-state index is -3.05. The molecule has 1 saturated heterocycles. The molecule has 1 aliphatic rings. The van der Waals surface area contributed by atoms with Crippen molar-refractivity contribution in [2.24, 2.45) is 0 Å². The molecule has 140 valence electrons. The van der Waals surface area contributed by atoms with Crippen LogP contribution in [0.15, 0.2) is 30.3 Å². The number of urea groups is 1. The zero-order valence-corrected chi connectivity index (χ0v) is 16.1. The van der Waals surface area contributed by atoms with Gasteiger partial charge in [0.25, 0.3) is 0 Å². The second kappa shape index (κ2) is 7.11. The van der Waals surface area contributed by atoms with Crippen molar-refractivity contribution in [1.29, 1.82) is 0 Å². The van der Waals surface area contributed by atoms with Gasteiger partial charge in [-0.15, -0.1) is 0 Å². The first-order chi connectivity index (χ1) is 12.3. The molecule has 1 N–H and O–H groups in total. The average molecular weight is 376 g/mol. The molecular weight excluding hydrogens is 352 g/mol. The first-order valence-electron chi connectivity index (χ1n) is 8.71. The van der Waals surface area contributed by atoms with E-state index in [9.17, 15) is 13.2 Å². The van der Waals surface area contributed by atoms with Crippen molar-refractivity contribution in [3.05, 3.63) is 41.7 Å². The summed E-state index contributed by atoms with van der Waals surface area (Å²) in [6.07, 6.45) is 0.489. The number of aromatic nitrogens is 2. The van der Waals surface area contributed by atoms with E-state index >= 15 is 0 Å². The molecule has 0 saturated carbocycles. The minimum absolute atomic E-state index is 0.0351. The van der Waals surface area contributed by atoms with Crippen LogP contribution >= 0.6 is 0 Å². The number of sulfone groups is 1. The largest absolute Gasteiger partial charge is 0.322 e. The molecule has 26 heavy (non-hydrogen) atoms. The molecule has 1 aromatic heterocycles. The summed E-state index contributed by atoms with van der Waals surface area (Å²) >= 11 is 0. The summed E-state index contributed by atoms with van der Waals surface area (Å²) in [5, 5.41) is 7.41. The van der Waals surface area contributed by atoms with Crippen molar-refractivity contribution in [3.8, 4) is 5.69 Å². The van der Waals surface area contributed by atoms with E-state index in [1.165, 1.54) is 0 Å². The highest BCUT2D eigenvalue weighted by atomic mass is 32.2.